The Morgan fingerprint density at radius 1 is 1.33 bits per heavy atom. The summed E-state index contributed by atoms with van der Waals surface area (Å²) in [5.41, 5.74) is 4.60. The van der Waals surface area contributed by atoms with Gasteiger partial charge in [-0.3, -0.25) is 4.68 Å². The first kappa shape index (κ1) is 19.7. The summed E-state index contributed by atoms with van der Waals surface area (Å²) in [5, 5.41) is 20.1. The van der Waals surface area contributed by atoms with E-state index in [1.165, 1.54) is 0 Å². The number of benzene rings is 1. The lowest BCUT2D eigenvalue weighted by molar-refractivity contribution is 0.194. The van der Waals surface area contributed by atoms with E-state index >= 15 is 0 Å². The first-order valence-corrected chi connectivity index (χ1v) is 9.83. The van der Waals surface area contributed by atoms with Gasteiger partial charge in [-0.25, -0.2) is 4.98 Å². The van der Waals surface area contributed by atoms with Gasteiger partial charge in [-0.05, 0) is 36.7 Å². The normalized spacial score (nSPS) is 14.9. The average Bonchev–Trinajstić information content (AvgIpc) is 3.22. The maximum absolute atomic E-state index is 9.00. The van der Waals surface area contributed by atoms with Crippen molar-refractivity contribution >= 4 is 5.69 Å². The third kappa shape index (κ3) is 4.36. The molecule has 0 aliphatic carbocycles. The molecule has 1 aliphatic rings. The number of methoxy groups -OCH3 is 1. The molecule has 4 rings (SSSR count). The number of pyridine rings is 1. The summed E-state index contributed by atoms with van der Waals surface area (Å²) in [4.78, 5) is 4.48. The molecule has 8 nitrogen and oxygen atoms in total. The third-order valence-corrected chi connectivity index (χ3v) is 5.05. The van der Waals surface area contributed by atoms with Crippen molar-refractivity contribution < 1.29 is 9.47 Å². The van der Waals surface area contributed by atoms with E-state index in [9.17, 15) is 0 Å². The molecule has 8 heteroatoms. The van der Waals surface area contributed by atoms with Gasteiger partial charge in [0.2, 0.25) is 5.88 Å². The number of hydrogen-bond acceptors (Lipinski definition) is 7. The molecule has 0 saturated heterocycles. The van der Waals surface area contributed by atoms with E-state index in [0.29, 0.717) is 24.5 Å². The number of nitriles is 1. The highest BCUT2D eigenvalue weighted by atomic mass is 16.5. The molecule has 0 spiro atoms. The highest BCUT2D eigenvalue weighted by molar-refractivity contribution is 5.69. The molecular weight excluding hydrogens is 380 g/mol. The number of aromatic nitrogens is 3. The SMILES string of the molecule is COc1cc(C#N)ccc1CCNCC1CNc2cc(-c3cnn(C)c3)cnc2O1. The second kappa shape index (κ2) is 8.84. The molecule has 3 heterocycles. The van der Waals surface area contributed by atoms with Gasteiger partial charge in [-0.1, -0.05) is 6.07 Å². The van der Waals surface area contributed by atoms with Crippen molar-refractivity contribution in [1.29, 1.82) is 5.26 Å². The first-order valence-electron chi connectivity index (χ1n) is 9.83. The molecular formula is C22H24N6O2. The predicted octanol–water partition coefficient (Wildman–Crippen LogP) is 2.37. The van der Waals surface area contributed by atoms with Crippen LogP contribution in [0.4, 0.5) is 5.69 Å². The largest absolute Gasteiger partial charge is 0.496 e. The van der Waals surface area contributed by atoms with Crippen LogP contribution in [0, 0.1) is 11.3 Å². The highest BCUT2D eigenvalue weighted by Gasteiger charge is 2.21. The lowest BCUT2D eigenvalue weighted by Gasteiger charge is -2.27. The van der Waals surface area contributed by atoms with Gasteiger partial charge in [-0.15, -0.1) is 0 Å². The highest BCUT2D eigenvalue weighted by Crippen LogP contribution is 2.31. The summed E-state index contributed by atoms with van der Waals surface area (Å²) in [6.07, 6.45) is 6.39. The molecule has 30 heavy (non-hydrogen) atoms. The number of ether oxygens (including phenoxy) is 2. The van der Waals surface area contributed by atoms with Crippen molar-refractivity contribution in [2.24, 2.45) is 7.05 Å². The Labute approximate surface area is 175 Å². The zero-order valence-corrected chi connectivity index (χ0v) is 17.1. The second-order valence-corrected chi connectivity index (χ2v) is 7.19. The fraction of sp³-hybridized carbons (Fsp3) is 0.318. The first-order chi connectivity index (χ1) is 14.7. The monoisotopic (exact) mass is 404 g/mol. The van der Waals surface area contributed by atoms with Crippen LogP contribution in [-0.2, 0) is 13.5 Å². The molecule has 1 aromatic carbocycles. The summed E-state index contributed by atoms with van der Waals surface area (Å²) in [7, 11) is 3.52. The Morgan fingerprint density at radius 2 is 2.23 bits per heavy atom. The van der Waals surface area contributed by atoms with Crippen LogP contribution in [0.1, 0.15) is 11.1 Å². The molecule has 3 aromatic rings. The number of nitrogens with zero attached hydrogens (tertiary/aromatic N) is 4. The maximum Gasteiger partial charge on any atom is 0.237 e. The van der Waals surface area contributed by atoms with Crippen LogP contribution in [0.25, 0.3) is 11.1 Å². The Hall–Kier alpha value is -3.57. The van der Waals surface area contributed by atoms with Gasteiger partial charge in [0.05, 0.1) is 37.2 Å². The summed E-state index contributed by atoms with van der Waals surface area (Å²) >= 11 is 0. The van der Waals surface area contributed by atoms with Gasteiger partial charge in [0, 0.05) is 37.1 Å². The Balaban J connectivity index is 1.29. The van der Waals surface area contributed by atoms with E-state index in [4.69, 9.17) is 14.7 Å². The van der Waals surface area contributed by atoms with E-state index < -0.39 is 0 Å². The number of aryl methyl sites for hydroxylation is 1. The van der Waals surface area contributed by atoms with Gasteiger partial charge in [0.25, 0.3) is 0 Å². The number of rotatable bonds is 7. The molecule has 1 unspecified atom stereocenters. The second-order valence-electron chi connectivity index (χ2n) is 7.19. The minimum atomic E-state index is -0.00268. The molecule has 0 amide bonds. The van der Waals surface area contributed by atoms with Crippen LogP contribution in [0.5, 0.6) is 11.6 Å². The van der Waals surface area contributed by atoms with Crippen molar-refractivity contribution in [3.63, 3.8) is 0 Å². The van der Waals surface area contributed by atoms with Gasteiger partial charge in [0.15, 0.2) is 0 Å². The van der Waals surface area contributed by atoms with E-state index in [1.54, 1.807) is 17.9 Å². The fourth-order valence-corrected chi connectivity index (χ4v) is 3.44. The molecule has 154 valence electrons. The molecule has 2 aromatic heterocycles. The van der Waals surface area contributed by atoms with Crippen LogP contribution < -0.4 is 20.1 Å². The van der Waals surface area contributed by atoms with Crippen molar-refractivity contribution in [2.75, 3.05) is 32.1 Å². The standard InChI is InChI=1S/C22H24N6O2/c1-28-14-18(11-27-28)17-8-20-22(26-10-17)30-19(13-25-20)12-24-6-5-16-4-3-15(9-23)7-21(16)29-2/h3-4,7-8,10-11,14,19,24-25H,5-6,12-13H2,1-2H3. The van der Waals surface area contributed by atoms with Gasteiger partial charge in [-0.2, -0.15) is 10.4 Å². The van der Waals surface area contributed by atoms with Crippen LogP contribution in [0.15, 0.2) is 42.9 Å². The van der Waals surface area contributed by atoms with Crippen molar-refractivity contribution in [1.82, 2.24) is 20.1 Å². The van der Waals surface area contributed by atoms with E-state index in [2.05, 4.69) is 26.8 Å². The zero-order chi connectivity index (χ0) is 20.9. The number of fused-ring (bicyclic) bond motifs is 1. The minimum Gasteiger partial charge on any atom is -0.496 e. The fourth-order valence-electron chi connectivity index (χ4n) is 3.44. The topological polar surface area (TPSA) is 97.0 Å². The van der Waals surface area contributed by atoms with E-state index in [1.807, 2.05) is 43.8 Å². The summed E-state index contributed by atoms with van der Waals surface area (Å²) in [6, 6.07) is 9.70. The summed E-state index contributed by atoms with van der Waals surface area (Å²) < 4.78 is 13.2. The van der Waals surface area contributed by atoms with Crippen molar-refractivity contribution in [3.05, 3.63) is 54.0 Å². The van der Waals surface area contributed by atoms with E-state index in [-0.39, 0.29) is 6.10 Å². The Bertz CT molecular complexity index is 1070. The van der Waals surface area contributed by atoms with Crippen LogP contribution in [-0.4, -0.2) is 47.6 Å². The quantitative estimate of drug-likeness (QED) is 0.584. The minimum absolute atomic E-state index is 0.00268. The average molecular weight is 404 g/mol. The Morgan fingerprint density at radius 3 is 3.00 bits per heavy atom. The third-order valence-electron chi connectivity index (χ3n) is 5.05. The Kier molecular flexibility index (Phi) is 5.82. The summed E-state index contributed by atoms with van der Waals surface area (Å²) in [6.45, 7) is 2.19. The van der Waals surface area contributed by atoms with Crippen LogP contribution >= 0.6 is 0 Å². The smallest absolute Gasteiger partial charge is 0.237 e. The maximum atomic E-state index is 9.00. The van der Waals surface area contributed by atoms with Gasteiger partial charge >= 0.3 is 0 Å². The zero-order valence-electron chi connectivity index (χ0n) is 17.1. The molecule has 0 radical (unpaired) electrons. The number of nitrogens with one attached hydrogen (secondary N) is 2. The lowest BCUT2D eigenvalue weighted by Crippen LogP contribution is -2.40. The van der Waals surface area contributed by atoms with Crippen molar-refractivity contribution in [3.8, 4) is 28.8 Å². The lowest BCUT2D eigenvalue weighted by atomic mass is 10.1. The molecule has 0 bridgehead atoms. The molecule has 2 N–H and O–H groups in total. The molecule has 1 aliphatic heterocycles. The molecule has 0 saturated carbocycles. The van der Waals surface area contributed by atoms with E-state index in [0.717, 1.165) is 41.1 Å². The molecule has 1 atom stereocenters. The van der Waals surface area contributed by atoms with Crippen LogP contribution in [0.3, 0.4) is 0 Å². The number of anilines is 1. The summed E-state index contributed by atoms with van der Waals surface area (Å²) in [5.74, 6) is 1.36. The predicted molar refractivity (Wildman–Crippen MR) is 114 cm³/mol. The number of hydrogen-bond donors (Lipinski definition) is 2. The van der Waals surface area contributed by atoms with Gasteiger partial charge < -0.3 is 20.1 Å². The van der Waals surface area contributed by atoms with Gasteiger partial charge in [0.1, 0.15) is 11.9 Å². The van der Waals surface area contributed by atoms with Crippen LogP contribution in [0.2, 0.25) is 0 Å². The molecule has 0 fully saturated rings. The van der Waals surface area contributed by atoms with Crippen molar-refractivity contribution in [2.45, 2.75) is 12.5 Å².